The van der Waals surface area contributed by atoms with E-state index in [1.54, 1.807) is 0 Å². The summed E-state index contributed by atoms with van der Waals surface area (Å²) in [7, 11) is 0. The average molecular weight is 222 g/mol. The molecule has 2 N–H and O–H groups in total. The molecular weight excluding hydrogens is 200 g/mol. The highest BCUT2D eigenvalue weighted by Crippen LogP contribution is 2.10. The van der Waals surface area contributed by atoms with E-state index >= 15 is 0 Å². The van der Waals surface area contributed by atoms with Crippen LogP contribution >= 0.6 is 0 Å². The van der Waals surface area contributed by atoms with Crippen LogP contribution in [0, 0.1) is 6.92 Å². The van der Waals surface area contributed by atoms with Crippen LogP contribution < -0.4 is 10.6 Å². The Hall–Kier alpha value is -1.32. The summed E-state index contributed by atoms with van der Waals surface area (Å²) in [6.45, 7) is 8.05. The summed E-state index contributed by atoms with van der Waals surface area (Å²) < 4.78 is 0. The van der Waals surface area contributed by atoms with Crippen molar-refractivity contribution in [1.82, 2.24) is 9.97 Å². The molecule has 0 radical (unpaired) electrons. The predicted molar refractivity (Wildman–Crippen MR) is 68.9 cm³/mol. The molecule has 1 heterocycles. The monoisotopic (exact) mass is 222 g/mol. The Morgan fingerprint density at radius 2 is 1.75 bits per heavy atom. The number of hydrogen-bond donors (Lipinski definition) is 2. The van der Waals surface area contributed by atoms with Crippen LogP contribution in [-0.4, -0.2) is 23.1 Å². The standard InChI is InChI=1S/C12H22N4/c1-4-6-7-8-14-12-9-11(13-5-2)15-10(3)16-12/h9H,4-8H2,1-3H3,(H2,13,14,15,16). The first kappa shape index (κ1) is 12.7. The predicted octanol–water partition coefficient (Wildman–Crippen LogP) is 2.82. The normalized spacial score (nSPS) is 10.2. The van der Waals surface area contributed by atoms with Crippen molar-refractivity contribution in [3.05, 3.63) is 11.9 Å². The summed E-state index contributed by atoms with van der Waals surface area (Å²) in [5.74, 6) is 2.61. The van der Waals surface area contributed by atoms with Crippen molar-refractivity contribution in [1.29, 1.82) is 0 Å². The quantitative estimate of drug-likeness (QED) is 0.696. The maximum atomic E-state index is 4.35. The molecule has 4 nitrogen and oxygen atoms in total. The second-order valence-corrected chi connectivity index (χ2v) is 3.85. The third-order valence-electron chi connectivity index (χ3n) is 2.28. The number of anilines is 2. The van der Waals surface area contributed by atoms with Crippen LogP contribution in [0.2, 0.25) is 0 Å². The smallest absolute Gasteiger partial charge is 0.131 e. The summed E-state index contributed by atoms with van der Waals surface area (Å²) in [6, 6.07) is 1.96. The first-order valence-corrected chi connectivity index (χ1v) is 6.09. The zero-order valence-corrected chi connectivity index (χ0v) is 10.5. The van der Waals surface area contributed by atoms with E-state index in [0.717, 1.165) is 30.5 Å². The van der Waals surface area contributed by atoms with Crippen molar-refractivity contribution in [2.24, 2.45) is 0 Å². The van der Waals surface area contributed by atoms with Gasteiger partial charge in [-0.05, 0) is 20.3 Å². The minimum Gasteiger partial charge on any atom is -0.370 e. The molecule has 16 heavy (non-hydrogen) atoms. The van der Waals surface area contributed by atoms with E-state index in [2.05, 4.69) is 34.4 Å². The molecule has 0 aromatic carbocycles. The van der Waals surface area contributed by atoms with Gasteiger partial charge in [-0.15, -0.1) is 0 Å². The molecule has 1 rings (SSSR count). The molecule has 90 valence electrons. The van der Waals surface area contributed by atoms with Gasteiger partial charge in [0.1, 0.15) is 17.5 Å². The Kier molecular flexibility index (Phi) is 5.61. The Bertz CT molecular complexity index is 312. The van der Waals surface area contributed by atoms with Gasteiger partial charge in [-0.25, -0.2) is 9.97 Å². The van der Waals surface area contributed by atoms with Crippen LogP contribution in [0.5, 0.6) is 0 Å². The van der Waals surface area contributed by atoms with E-state index in [1.165, 1.54) is 19.3 Å². The molecule has 0 aliphatic heterocycles. The fourth-order valence-electron chi connectivity index (χ4n) is 1.52. The Morgan fingerprint density at radius 3 is 2.38 bits per heavy atom. The lowest BCUT2D eigenvalue weighted by Gasteiger charge is -2.08. The van der Waals surface area contributed by atoms with Crippen LogP contribution in [0.4, 0.5) is 11.6 Å². The first-order valence-electron chi connectivity index (χ1n) is 6.09. The van der Waals surface area contributed by atoms with E-state index in [4.69, 9.17) is 0 Å². The van der Waals surface area contributed by atoms with Gasteiger partial charge >= 0.3 is 0 Å². The third kappa shape index (κ3) is 4.47. The van der Waals surface area contributed by atoms with Crippen molar-refractivity contribution in [3.63, 3.8) is 0 Å². The minimum atomic E-state index is 0.802. The number of unbranched alkanes of at least 4 members (excludes halogenated alkanes) is 2. The summed E-state index contributed by atoms with van der Waals surface area (Å²) in [4.78, 5) is 8.66. The first-order chi connectivity index (χ1) is 7.76. The van der Waals surface area contributed by atoms with E-state index < -0.39 is 0 Å². The van der Waals surface area contributed by atoms with Gasteiger partial charge in [-0.2, -0.15) is 0 Å². The summed E-state index contributed by atoms with van der Waals surface area (Å²) in [6.07, 6.45) is 3.69. The molecule has 1 aromatic rings. The fourth-order valence-corrected chi connectivity index (χ4v) is 1.52. The van der Waals surface area contributed by atoms with Crippen molar-refractivity contribution in [2.75, 3.05) is 23.7 Å². The highest BCUT2D eigenvalue weighted by molar-refractivity contribution is 5.47. The molecule has 0 saturated heterocycles. The van der Waals surface area contributed by atoms with E-state index in [-0.39, 0.29) is 0 Å². The van der Waals surface area contributed by atoms with Gasteiger partial charge in [0.25, 0.3) is 0 Å². The van der Waals surface area contributed by atoms with Crippen molar-refractivity contribution in [3.8, 4) is 0 Å². The molecule has 0 saturated carbocycles. The SMILES string of the molecule is CCCCCNc1cc(NCC)nc(C)n1. The molecule has 0 amide bonds. The van der Waals surface area contributed by atoms with E-state index in [1.807, 2.05) is 13.0 Å². The molecule has 0 aliphatic rings. The lowest BCUT2D eigenvalue weighted by molar-refractivity contribution is 0.742. The largest absolute Gasteiger partial charge is 0.370 e. The van der Waals surface area contributed by atoms with Crippen LogP contribution in [0.25, 0.3) is 0 Å². The topological polar surface area (TPSA) is 49.8 Å². The van der Waals surface area contributed by atoms with Gasteiger partial charge < -0.3 is 10.6 Å². The third-order valence-corrected chi connectivity index (χ3v) is 2.28. The molecule has 0 bridgehead atoms. The number of aryl methyl sites for hydroxylation is 1. The van der Waals surface area contributed by atoms with Gasteiger partial charge in [0.2, 0.25) is 0 Å². The fraction of sp³-hybridized carbons (Fsp3) is 0.667. The van der Waals surface area contributed by atoms with Crippen LogP contribution in [0.1, 0.15) is 38.9 Å². The zero-order valence-electron chi connectivity index (χ0n) is 10.5. The molecule has 4 heteroatoms. The second-order valence-electron chi connectivity index (χ2n) is 3.85. The molecule has 0 aliphatic carbocycles. The Morgan fingerprint density at radius 1 is 1.06 bits per heavy atom. The van der Waals surface area contributed by atoms with E-state index in [0.29, 0.717) is 0 Å². The lowest BCUT2D eigenvalue weighted by atomic mass is 10.2. The second kappa shape index (κ2) is 7.04. The van der Waals surface area contributed by atoms with Gasteiger partial charge in [0.15, 0.2) is 0 Å². The molecule has 0 fully saturated rings. The van der Waals surface area contributed by atoms with Gasteiger partial charge in [-0.3, -0.25) is 0 Å². The average Bonchev–Trinajstić information content (AvgIpc) is 2.24. The molecule has 1 aromatic heterocycles. The van der Waals surface area contributed by atoms with E-state index in [9.17, 15) is 0 Å². The number of nitrogens with one attached hydrogen (secondary N) is 2. The van der Waals surface area contributed by atoms with Crippen LogP contribution in [-0.2, 0) is 0 Å². The number of rotatable bonds is 7. The van der Waals surface area contributed by atoms with Gasteiger partial charge in [0, 0.05) is 19.2 Å². The maximum Gasteiger partial charge on any atom is 0.131 e. The maximum absolute atomic E-state index is 4.35. The van der Waals surface area contributed by atoms with Crippen LogP contribution in [0.3, 0.4) is 0 Å². The van der Waals surface area contributed by atoms with Crippen LogP contribution in [0.15, 0.2) is 6.07 Å². The van der Waals surface area contributed by atoms with Crippen molar-refractivity contribution < 1.29 is 0 Å². The van der Waals surface area contributed by atoms with Gasteiger partial charge in [0.05, 0.1) is 0 Å². The number of nitrogens with zero attached hydrogens (tertiary/aromatic N) is 2. The number of aromatic nitrogens is 2. The number of hydrogen-bond acceptors (Lipinski definition) is 4. The molecule has 0 unspecified atom stereocenters. The molecular formula is C12H22N4. The Labute approximate surface area is 97.9 Å². The van der Waals surface area contributed by atoms with Crippen molar-refractivity contribution in [2.45, 2.75) is 40.0 Å². The summed E-state index contributed by atoms with van der Waals surface area (Å²) >= 11 is 0. The molecule has 0 atom stereocenters. The van der Waals surface area contributed by atoms with Crippen molar-refractivity contribution >= 4 is 11.6 Å². The highest BCUT2D eigenvalue weighted by Gasteiger charge is 2.00. The summed E-state index contributed by atoms with van der Waals surface area (Å²) in [5, 5.41) is 6.53. The Balaban J connectivity index is 2.51. The summed E-state index contributed by atoms with van der Waals surface area (Å²) in [5.41, 5.74) is 0. The lowest BCUT2D eigenvalue weighted by Crippen LogP contribution is -2.07. The highest BCUT2D eigenvalue weighted by atomic mass is 15.1. The van der Waals surface area contributed by atoms with Gasteiger partial charge in [-0.1, -0.05) is 19.8 Å². The molecule has 0 spiro atoms. The minimum absolute atomic E-state index is 0.802. The zero-order chi connectivity index (χ0) is 11.8.